The van der Waals surface area contributed by atoms with Crippen LogP contribution in [0.2, 0.25) is 0 Å². The molecule has 1 aromatic heterocycles. The molecule has 0 saturated carbocycles. The molecule has 1 aliphatic rings. The van der Waals surface area contributed by atoms with Crippen molar-refractivity contribution in [1.29, 1.82) is 0 Å². The van der Waals surface area contributed by atoms with Crippen LogP contribution in [0.5, 0.6) is 11.5 Å². The van der Waals surface area contributed by atoms with Gasteiger partial charge in [0.15, 0.2) is 16.9 Å². The third-order valence-electron chi connectivity index (χ3n) is 5.87. The summed E-state index contributed by atoms with van der Waals surface area (Å²) in [7, 11) is 1.46. The van der Waals surface area contributed by atoms with Gasteiger partial charge >= 0.3 is 0 Å². The van der Waals surface area contributed by atoms with E-state index in [4.69, 9.17) is 9.15 Å². The Labute approximate surface area is 184 Å². The lowest BCUT2D eigenvalue weighted by atomic mass is 9.97. The Kier molecular flexibility index (Phi) is 4.70. The minimum atomic E-state index is -0.672. The first-order chi connectivity index (χ1) is 15.5. The fourth-order valence-electron chi connectivity index (χ4n) is 4.23. The van der Waals surface area contributed by atoms with E-state index in [1.807, 2.05) is 31.2 Å². The lowest BCUT2D eigenvalue weighted by molar-refractivity contribution is 0.0714. The van der Waals surface area contributed by atoms with E-state index in [1.54, 1.807) is 41.3 Å². The first-order valence-electron chi connectivity index (χ1n) is 10.3. The molecule has 32 heavy (non-hydrogen) atoms. The second kappa shape index (κ2) is 7.57. The molecule has 160 valence electrons. The zero-order valence-electron chi connectivity index (χ0n) is 17.7. The lowest BCUT2D eigenvalue weighted by Gasteiger charge is -2.25. The fourth-order valence-corrected chi connectivity index (χ4v) is 4.23. The van der Waals surface area contributed by atoms with E-state index in [9.17, 15) is 14.7 Å². The third-order valence-corrected chi connectivity index (χ3v) is 5.87. The third kappa shape index (κ3) is 3.12. The molecule has 0 spiro atoms. The van der Waals surface area contributed by atoms with Gasteiger partial charge in [-0.1, -0.05) is 48.0 Å². The summed E-state index contributed by atoms with van der Waals surface area (Å²) in [6, 6.07) is 19.0. The van der Waals surface area contributed by atoms with Gasteiger partial charge in [-0.15, -0.1) is 0 Å². The molecule has 1 amide bonds. The number of hydrogen-bond acceptors (Lipinski definition) is 5. The number of methoxy groups -OCH3 is 1. The number of para-hydroxylation sites is 1. The fraction of sp³-hybridized carbons (Fsp3) is 0.154. The molecule has 6 nitrogen and oxygen atoms in total. The van der Waals surface area contributed by atoms with Crippen molar-refractivity contribution >= 4 is 16.9 Å². The Balaban J connectivity index is 1.72. The number of rotatable bonds is 4. The summed E-state index contributed by atoms with van der Waals surface area (Å²) in [5.41, 5.74) is 3.15. The Bertz CT molecular complexity index is 1400. The van der Waals surface area contributed by atoms with Crippen LogP contribution in [0.4, 0.5) is 0 Å². The van der Waals surface area contributed by atoms with Crippen LogP contribution >= 0.6 is 0 Å². The number of nitrogens with zero attached hydrogens (tertiary/aromatic N) is 1. The lowest BCUT2D eigenvalue weighted by Crippen LogP contribution is -2.29. The highest BCUT2D eigenvalue weighted by atomic mass is 16.5. The van der Waals surface area contributed by atoms with Crippen molar-refractivity contribution in [3.8, 4) is 11.5 Å². The van der Waals surface area contributed by atoms with Crippen molar-refractivity contribution in [2.24, 2.45) is 0 Å². The van der Waals surface area contributed by atoms with Gasteiger partial charge in [0.1, 0.15) is 5.58 Å². The second-order valence-electron chi connectivity index (χ2n) is 7.92. The average molecular weight is 427 g/mol. The van der Waals surface area contributed by atoms with Crippen molar-refractivity contribution in [1.82, 2.24) is 4.90 Å². The number of amides is 1. The molecule has 6 heteroatoms. The van der Waals surface area contributed by atoms with Crippen molar-refractivity contribution in [3.63, 3.8) is 0 Å². The molecule has 0 unspecified atom stereocenters. The maximum absolute atomic E-state index is 13.5. The number of phenolic OH excluding ortho intramolecular Hbond substituents is 1. The first-order valence-corrected chi connectivity index (χ1v) is 10.3. The van der Waals surface area contributed by atoms with Gasteiger partial charge in [-0.25, -0.2) is 0 Å². The van der Waals surface area contributed by atoms with Crippen molar-refractivity contribution in [2.75, 3.05) is 7.11 Å². The topological polar surface area (TPSA) is 80.0 Å². The van der Waals surface area contributed by atoms with E-state index in [2.05, 4.69) is 0 Å². The monoisotopic (exact) mass is 427 g/mol. The Morgan fingerprint density at radius 2 is 1.78 bits per heavy atom. The van der Waals surface area contributed by atoms with Gasteiger partial charge in [0.2, 0.25) is 5.76 Å². The van der Waals surface area contributed by atoms with Crippen LogP contribution in [-0.4, -0.2) is 23.0 Å². The molecule has 2 heterocycles. The van der Waals surface area contributed by atoms with E-state index in [-0.39, 0.29) is 28.6 Å². The van der Waals surface area contributed by atoms with E-state index in [0.717, 1.165) is 11.1 Å². The van der Waals surface area contributed by atoms with Crippen molar-refractivity contribution in [2.45, 2.75) is 19.5 Å². The molecular formula is C26H21NO5. The zero-order chi connectivity index (χ0) is 22.4. The number of carbonyl (C=O) groups excluding carboxylic acids is 1. The summed E-state index contributed by atoms with van der Waals surface area (Å²) in [6.45, 7) is 2.30. The molecule has 4 aromatic rings. The molecule has 1 aliphatic heterocycles. The maximum atomic E-state index is 13.5. The molecule has 0 aliphatic carbocycles. The summed E-state index contributed by atoms with van der Waals surface area (Å²) in [5, 5.41) is 10.5. The average Bonchev–Trinajstić information content (AvgIpc) is 3.08. The van der Waals surface area contributed by atoms with E-state index >= 15 is 0 Å². The quantitative estimate of drug-likeness (QED) is 0.516. The number of benzene rings is 3. The molecule has 1 N–H and O–H groups in total. The normalized spacial score (nSPS) is 15.2. The van der Waals surface area contributed by atoms with Crippen LogP contribution in [0, 0.1) is 6.92 Å². The van der Waals surface area contributed by atoms with E-state index < -0.39 is 6.04 Å². The van der Waals surface area contributed by atoms with Gasteiger partial charge in [-0.2, -0.15) is 0 Å². The van der Waals surface area contributed by atoms with Crippen LogP contribution in [-0.2, 0) is 6.54 Å². The summed E-state index contributed by atoms with van der Waals surface area (Å²) >= 11 is 0. The number of phenols is 1. The zero-order valence-corrected chi connectivity index (χ0v) is 17.7. The predicted molar refractivity (Wildman–Crippen MR) is 120 cm³/mol. The standard InChI is InChI=1S/C26H21NO5/c1-15-7-9-16(10-8-15)14-27-23(17-11-12-19(28)21(13-17)31-2)22-24(29)18-5-3-4-6-20(18)32-25(22)26(27)30/h3-13,23,28H,14H2,1-2H3/t23-/m0/s1. The minimum Gasteiger partial charge on any atom is -0.504 e. The summed E-state index contributed by atoms with van der Waals surface area (Å²) in [6.07, 6.45) is 0. The summed E-state index contributed by atoms with van der Waals surface area (Å²) in [5.74, 6) is -0.0430. The van der Waals surface area contributed by atoms with Gasteiger partial charge in [0, 0.05) is 6.54 Å². The Morgan fingerprint density at radius 1 is 1.03 bits per heavy atom. The van der Waals surface area contributed by atoms with Gasteiger partial charge in [-0.05, 0) is 42.3 Å². The molecule has 1 atom stereocenters. The van der Waals surface area contributed by atoms with Crippen LogP contribution in [0.1, 0.15) is 38.9 Å². The van der Waals surface area contributed by atoms with Crippen LogP contribution in [0.3, 0.4) is 0 Å². The van der Waals surface area contributed by atoms with Crippen LogP contribution in [0.15, 0.2) is 75.9 Å². The Hall–Kier alpha value is -4.06. The Morgan fingerprint density at radius 3 is 2.53 bits per heavy atom. The number of fused-ring (bicyclic) bond motifs is 2. The number of aryl methyl sites for hydroxylation is 1. The molecule has 0 fully saturated rings. The van der Waals surface area contributed by atoms with Crippen LogP contribution in [0.25, 0.3) is 11.0 Å². The molecule has 0 radical (unpaired) electrons. The summed E-state index contributed by atoms with van der Waals surface area (Å²) < 4.78 is 11.2. The smallest absolute Gasteiger partial charge is 0.291 e. The number of carbonyl (C=O) groups is 1. The maximum Gasteiger partial charge on any atom is 0.291 e. The molecule has 3 aromatic carbocycles. The van der Waals surface area contributed by atoms with Gasteiger partial charge < -0.3 is 19.2 Å². The number of ether oxygens (including phenoxy) is 1. The van der Waals surface area contributed by atoms with Crippen molar-refractivity contribution in [3.05, 3.63) is 105 Å². The molecule has 0 bridgehead atoms. The van der Waals surface area contributed by atoms with E-state index in [1.165, 1.54) is 13.2 Å². The highest BCUT2D eigenvalue weighted by Crippen LogP contribution is 2.41. The molecule has 0 saturated heterocycles. The largest absolute Gasteiger partial charge is 0.504 e. The van der Waals surface area contributed by atoms with E-state index in [0.29, 0.717) is 28.6 Å². The van der Waals surface area contributed by atoms with Gasteiger partial charge in [0.05, 0.1) is 24.1 Å². The predicted octanol–water partition coefficient (Wildman–Crippen LogP) is 4.56. The molecule has 5 rings (SSSR count). The summed E-state index contributed by atoms with van der Waals surface area (Å²) in [4.78, 5) is 28.6. The van der Waals surface area contributed by atoms with Crippen LogP contribution < -0.4 is 10.2 Å². The van der Waals surface area contributed by atoms with Crippen molar-refractivity contribution < 1.29 is 19.1 Å². The SMILES string of the molecule is COc1cc([C@H]2c3c(oc4ccccc4c3=O)C(=O)N2Cc2ccc(C)cc2)ccc1O. The first kappa shape index (κ1) is 19.9. The highest BCUT2D eigenvalue weighted by molar-refractivity contribution is 5.99. The van der Waals surface area contributed by atoms with Gasteiger partial charge in [-0.3, -0.25) is 9.59 Å². The number of hydrogen-bond donors (Lipinski definition) is 1. The number of aromatic hydroxyl groups is 1. The molecular weight excluding hydrogens is 406 g/mol. The highest BCUT2D eigenvalue weighted by Gasteiger charge is 2.42. The van der Waals surface area contributed by atoms with Gasteiger partial charge in [0.25, 0.3) is 5.91 Å². The minimum absolute atomic E-state index is 0.0172. The second-order valence-corrected chi connectivity index (χ2v) is 7.92.